The highest BCUT2D eigenvalue weighted by Gasteiger charge is 2.27. The molecule has 1 aliphatic rings. The van der Waals surface area contributed by atoms with Crippen molar-refractivity contribution in [3.8, 4) is 0 Å². The second-order valence-electron chi connectivity index (χ2n) is 4.65. The highest BCUT2D eigenvalue weighted by molar-refractivity contribution is 5.93. The normalized spacial score (nSPS) is 23.2. The molecule has 1 aliphatic carbocycles. The third-order valence-electron chi connectivity index (χ3n) is 3.25. The van der Waals surface area contributed by atoms with Crippen molar-refractivity contribution in [1.29, 1.82) is 0 Å². The number of aliphatic hydroxyl groups excluding tert-OH is 1. The second-order valence-corrected chi connectivity index (χ2v) is 4.65. The van der Waals surface area contributed by atoms with Gasteiger partial charge < -0.3 is 20.7 Å². The lowest BCUT2D eigenvalue weighted by molar-refractivity contribution is 0.0419. The van der Waals surface area contributed by atoms with Gasteiger partial charge in [0.15, 0.2) is 0 Å². The van der Waals surface area contributed by atoms with Gasteiger partial charge in [0.05, 0.1) is 11.8 Å². The minimum Gasteiger partial charge on any atom is -0.397 e. The molecule has 17 heavy (non-hydrogen) atoms. The monoisotopic (exact) mass is 237 g/mol. The van der Waals surface area contributed by atoms with Crippen LogP contribution >= 0.6 is 0 Å². The summed E-state index contributed by atoms with van der Waals surface area (Å²) in [4.78, 5) is 11.9. The van der Waals surface area contributed by atoms with Gasteiger partial charge in [0.1, 0.15) is 5.69 Å². The summed E-state index contributed by atoms with van der Waals surface area (Å²) in [6, 6.07) is 1.69. The summed E-state index contributed by atoms with van der Waals surface area (Å²) < 4.78 is 1.83. The van der Waals surface area contributed by atoms with Gasteiger partial charge in [-0.15, -0.1) is 0 Å². The van der Waals surface area contributed by atoms with Crippen molar-refractivity contribution in [3.63, 3.8) is 0 Å². The van der Waals surface area contributed by atoms with Crippen LogP contribution in [0.15, 0.2) is 12.3 Å². The van der Waals surface area contributed by atoms with E-state index in [9.17, 15) is 4.79 Å². The number of nitrogens with zero attached hydrogens (tertiary/aromatic N) is 1. The zero-order valence-electron chi connectivity index (χ0n) is 10.0. The first-order valence-corrected chi connectivity index (χ1v) is 6.02. The van der Waals surface area contributed by atoms with Gasteiger partial charge >= 0.3 is 0 Å². The van der Waals surface area contributed by atoms with Crippen molar-refractivity contribution >= 4 is 11.6 Å². The molecule has 0 saturated heterocycles. The SMILES string of the molecule is CCn1cc(N)cc1C(=O)NCC1CC(O)C1. The lowest BCUT2D eigenvalue weighted by Gasteiger charge is -2.31. The number of aliphatic hydroxyl groups is 1. The molecule has 0 unspecified atom stereocenters. The molecule has 5 nitrogen and oxygen atoms in total. The van der Waals surface area contributed by atoms with Crippen molar-refractivity contribution < 1.29 is 9.90 Å². The van der Waals surface area contributed by atoms with E-state index in [0.717, 1.165) is 19.4 Å². The number of rotatable bonds is 4. The Bertz CT molecular complexity index is 408. The van der Waals surface area contributed by atoms with Gasteiger partial charge in [0.25, 0.3) is 5.91 Å². The first-order valence-electron chi connectivity index (χ1n) is 6.02. The van der Waals surface area contributed by atoms with Gasteiger partial charge in [-0.05, 0) is 31.7 Å². The highest BCUT2D eigenvalue weighted by atomic mass is 16.3. The quantitative estimate of drug-likeness (QED) is 0.717. The van der Waals surface area contributed by atoms with Gasteiger partial charge in [-0.1, -0.05) is 0 Å². The van der Waals surface area contributed by atoms with Gasteiger partial charge in [-0.25, -0.2) is 0 Å². The highest BCUT2D eigenvalue weighted by Crippen LogP contribution is 2.26. The molecule has 0 bridgehead atoms. The Kier molecular flexibility index (Phi) is 3.38. The smallest absolute Gasteiger partial charge is 0.267 e. The number of nitrogens with one attached hydrogen (secondary N) is 1. The van der Waals surface area contributed by atoms with E-state index in [0.29, 0.717) is 23.8 Å². The number of carbonyl (C=O) groups excluding carboxylic acids is 1. The number of aromatic nitrogens is 1. The van der Waals surface area contributed by atoms with E-state index in [2.05, 4.69) is 5.32 Å². The molecule has 0 atom stereocenters. The Morgan fingerprint density at radius 1 is 1.65 bits per heavy atom. The van der Waals surface area contributed by atoms with E-state index in [-0.39, 0.29) is 12.0 Å². The van der Waals surface area contributed by atoms with Crippen LogP contribution in [0.25, 0.3) is 0 Å². The first kappa shape index (κ1) is 12.0. The van der Waals surface area contributed by atoms with Crippen molar-refractivity contribution in [2.75, 3.05) is 12.3 Å². The number of hydrogen-bond donors (Lipinski definition) is 3. The zero-order chi connectivity index (χ0) is 12.4. The van der Waals surface area contributed by atoms with Crippen molar-refractivity contribution in [1.82, 2.24) is 9.88 Å². The Balaban J connectivity index is 1.90. The summed E-state index contributed by atoms with van der Waals surface area (Å²) in [5.74, 6) is 0.321. The summed E-state index contributed by atoms with van der Waals surface area (Å²) in [6.07, 6.45) is 3.17. The van der Waals surface area contributed by atoms with Crippen LogP contribution in [0, 0.1) is 5.92 Å². The van der Waals surface area contributed by atoms with Crippen LogP contribution in [-0.2, 0) is 6.54 Å². The van der Waals surface area contributed by atoms with Crippen molar-refractivity contribution in [2.24, 2.45) is 5.92 Å². The molecule has 0 radical (unpaired) electrons. The van der Waals surface area contributed by atoms with Crippen LogP contribution in [0.1, 0.15) is 30.3 Å². The molecular weight excluding hydrogens is 218 g/mol. The third kappa shape index (κ3) is 2.61. The van der Waals surface area contributed by atoms with Crippen LogP contribution in [0.2, 0.25) is 0 Å². The number of amides is 1. The number of hydrogen-bond acceptors (Lipinski definition) is 3. The number of carbonyl (C=O) groups is 1. The molecular formula is C12H19N3O2. The standard InChI is InChI=1S/C12H19N3O2/c1-2-15-7-9(13)5-11(15)12(17)14-6-8-3-10(16)4-8/h5,7-8,10,16H,2-4,6,13H2,1H3,(H,14,17). The fourth-order valence-corrected chi connectivity index (χ4v) is 2.18. The Morgan fingerprint density at radius 3 is 2.94 bits per heavy atom. The number of aryl methyl sites for hydroxylation is 1. The van der Waals surface area contributed by atoms with E-state index in [1.165, 1.54) is 0 Å². The average molecular weight is 237 g/mol. The summed E-state index contributed by atoms with van der Waals surface area (Å²) in [7, 11) is 0. The molecule has 2 rings (SSSR count). The summed E-state index contributed by atoms with van der Waals surface area (Å²) in [5.41, 5.74) is 6.88. The predicted molar refractivity (Wildman–Crippen MR) is 65.6 cm³/mol. The van der Waals surface area contributed by atoms with E-state index >= 15 is 0 Å². The molecule has 1 aromatic rings. The first-order chi connectivity index (χ1) is 8.10. The summed E-state index contributed by atoms with van der Waals surface area (Å²) in [5, 5.41) is 12.0. The Morgan fingerprint density at radius 2 is 2.35 bits per heavy atom. The van der Waals surface area contributed by atoms with Crippen LogP contribution < -0.4 is 11.1 Å². The Labute approximate surface area is 101 Å². The molecule has 1 aromatic heterocycles. The fraction of sp³-hybridized carbons (Fsp3) is 0.583. The largest absolute Gasteiger partial charge is 0.397 e. The maximum atomic E-state index is 11.9. The minimum atomic E-state index is -0.174. The Hall–Kier alpha value is -1.49. The number of nitrogen functional groups attached to an aromatic ring is 1. The molecule has 1 heterocycles. The lowest BCUT2D eigenvalue weighted by Crippen LogP contribution is -2.38. The molecule has 0 aromatic carbocycles. The number of nitrogens with two attached hydrogens (primary N) is 1. The van der Waals surface area contributed by atoms with Gasteiger partial charge in [-0.3, -0.25) is 4.79 Å². The topological polar surface area (TPSA) is 80.3 Å². The van der Waals surface area contributed by atoms with E-state index in [4.69, 9.17) is 10.8 Å². The van der Waals surface area contributed by atoms with Crippen LogP contribution in [0.3, 0.4) is 0 Å². The molecule has 0 spiro atoms. The molecule has 1 saturated carbocycles. The minimum absolute atomic E-state index is 0.0926. The lowest BCUT2D eigenvalue weighted by atomic mass is 9.82. The summed E-state index contributed by atoms with van der Waals surface area (Å²) >= 11 is 0. The van der Waals surface area contributed by atoms with E-state index in [1.807, 2.05) is 11.5 Å². The number of anilines is 1. The average Bonchev–Trinajstić information content (AvgIpc) is 2.64. The maximum Gasteiger partial charge on any atom is 0.267 e. The van der Waals surface area contributed by atoms with Crippen LogP contribution in [0.5, 0.6) is 0 Å². The van der Waals surface area contributed by atoms with Gasteiger partial charge in [-0.2, -0.15) is 0 Å². The second kappa shape index (κ2) is 4.79. The van der Waals surface area contributed by atoms with E-state index < -0.39 is 0 Å². The third-order valence-corrected chi connectivity index (χ3v) is 3.25. The van der Waals surface area contributed by atoms with Gasteiger partial charge in [0.2, 0.25) is 0 Å². The predicted octanol–water partition coefficient (Wildman–Crippen LogP) is 0.591. The van der Waals surface area contributed by atoms with E-state index in [1.54, 1.807) is 12.3 Å². The van der Waals surface area contributed by atoms with Crippen LogP contribution in [-0.4, -0.2) is 28.2 Å². The maximum absolute atomic E-state index is 11.9. The van der Waals surface area contributed by atoms with Crippen molar-refractivity contribution in [2.45, 2.75) is 32.4 Å². The zero-order valence-corrected chi connectivity index (χ0v) is 10.0. The molecule has 1 fully saturated rings. The molecule has 94 valence electrons. The fourth-order valence-electron chi connectivity index (χ4n) is 2.18. The molecule has 5 heteroatoms. The van der Waals surface area contributed by atoms with Gasteiger partial charge in [0, 0.05) is 19.3 Å². The molecule has 0 aliphatic heterocycles. The van der Waals surface area contributed by atoms with Crippen LogP contribution in [0.4, 0.5) is 5.69 Å². The molecule has 1 amide bonds. The molecule has 4 N–H and O–H groups in total. The van der Waals surface area contributed by atoms with Crippen molar-refractivity contribution in [3.05, 3.63) is 18.0 Å². The summed E-state index contributed by atoms with van der Waals surface area (Å²) in [6.45, 7) is 3.32.